The fourth-order valence-electron chi connectivity index (χ4n) is 3.34. The molecule has 0 aliphatic carbocycles. The predicted octanol–water partition coefficient (Wildman–Crippen LogP) is 3.42. The maximum atomic E-state index is 13.1. The van der Waals surface area contributed by atoms with Gasteiger partial charge in [-0.2, -0.15) is 0 Å². The van der Waals surface area contributed by atoms with E-state index in [0.717, 1.165) is 16.4 Å². The lowest BCUT2D eigenvalue weighted by atomic mass is 9.97. The van der Waals surface area contributed by atoms with Gasteiger partial charge in [-0.25, -0.2) is 17.6 Å². The van der Waals surface area contributed by atoms with Gasteiger partial charge in [0.05, 0.1) is 23.1 Å². The molecule has 2 aromatic carbocycles. The van der Waals surface area contributed by atoms with E-state index in [2.05, 4.69) is 0 Å². The first kappa shape index (κ1) is 23.5. The molecule has 3 rings (SSSR count). The Balaban J connectivity index is 1.59. The number of sulfonamides is 1. The molecule has 2 aromatic rings. The number of anilines is 1. The zero-order valence-electron chi connectivity index (χ0n) is 17.9. The highest BCUT2D eigenvalue weighted by atomic mass is 32.2. The molecule has 8 nitrogen and oxygen atoms in total. The van der Waals surface area contributed by atoms with Crippen LogP contribution in [0.1, 0.15) is 19.8 Å². The molecule has 0 atom stereocenters. The average Bonchev–Trinajstić information content (AvgIpc) is 2.79. The second-order valence-electron chi connectivity index (χ2n) is 7.30. The molecule has 0 unspecified atom stereocenters. The Hall–Kier alpha value is -3.14. The fourth-order valence-corrected chi connectivity index (χ4v) is 4.54. The summed E-state index contributed by atoms with van der Waals surface area (Å²) in [7, 11) is -2.48. The van der Waals surface area contributed by atoms with Crippen LogP contribution in [0.25, 0.3) is 0 Å². The van der Waals surface area contributed by atoms with E-state index >= 15 is 0 Å². The van der Waals surface area contributed by atoms with Gasteiger partial charge in [-0.15, -0.1) is 0 Å². The van der Waals surface area contributed by atoms with Gasteiger partial charge < -0.3 is 14.4 Å². The Morgan fingerprint density at radius 3 is 2.22 bits per heavy atom. The number of hydrogen-bond donors (Lipinski definition) is 0. The fraction of sp³-hybridized carbons (Fsp3) is 0.364. The number of amides is 1. The van der Waals surface area contributed by atoms with Crippen LogP contribution in [0, 0.1) is 11.7 Å². The number of rotatable bonds is 6. The SMILES string of the molecule is CCOC(=O)N1CCC(C(=O)Oc2ccc(N(C)S(=O)(=O)c3ccc(F)cc3)cc2)CC1. The van der Waals surface area contributed by atoms with E-state index < -0.39 is 21.8 Å². The first-order valence-corrected chi connectivity index (χ1v) is 11.6. The minimum atomic E-state index is -3.86. The summed E-state index contributed by atoms with van der Waals surface area (Å²) < 4.78 is 50.0. The molecule has 0 radical (unpaired) electrons. The summed E-state index contributed by atoms with van der Waals surface area (Å²) in [5.41, 5.74) is 0.358. The van der Waals surface area contributed by atoms with E-state index in [1.807, 2.05) is 0 Å². The van der Waals surface area contributed by atoms with Crippen LogP contribution in [0.5, 0.6) is 5.75 Å². The zero-order valence-corrected chi connectivity index (χ0v) is 18.7. The number of hydrogen-bond acceptors (Lipinski definition) is 6. The van der Waals surface area contributed by atoms with Gasteiger partial charge in [0.2, 0.25) is 0 Å². The molecule has 1 amide bonds. The highest BCUT2D eigenvalue weighted by Gasteiger charge is 2.29. The molecule has 1 saturated heterocycles. The highest BCUT2D eigenvalue weighted by Crippen LogP contribution is 2.26. The average molecular weight is 465 g/mol. The van der Waals surface area contributed by atoms with Crippen molar-refractivity contribution in [2.45, 2.75) is 24.7 Å². The number of halogens is 1. The lowest BCUT2D eigenvalue weighted by Crippen LogP contribution is -2.41. The Morgan fingerprint density at radius 2 is 1.66 bits per heavy atom. The molecule has 0 N–H and O–H groups in total. The van der Waals surface area contributed by atoms with Gasteiger partial charge in [0, 0.05) is 20.1 Å². The molecular formula is C22H25FN2O6S. The Kier molecular flexibility index (Phi) is 7.34. The summed E-state index contributed by atoms with van der Waals surface area (Å²) in [6, 6.07) is 10.6. The predicted molar refractivity (Wildman–Crippen MR) is 115 cm³/mol. The van der Waals surface area contributed by atoms with Gasteiger partial charge >= 0.3 is 12.1 Å². The number of likely N-dealkylation sites (tertiary alicyclic amines) is 1. The van der Waals surface area contributed by atoms with Gasteiger partial charge in [-0.3, -0.25) is 9.10 Å². The van der Waals surface area contributed by atoms with E-state index in [9.17, 15) is 22.4 Å². The van der Waals surface area contributed by atoms with Crippen LogP contribution in [-0.4, -0.2) is 52.1 Å². The molecule has 10 heteroatoms. The van der Waals surface area contributed by atoms with E-state index in [4.69, 9.17) is 9.47 Å². The van der Waals surface area contributed by atoms with Crippen molar-refractivity contribution in [2.75, 3.05) is 31.0 Å². The van der Waals surface area contributed by atoms with Crippen molar-refractivity contribution in [1.29, 1.82) is 0 Å². The molecule has 0 spiro atoms. The third-order valence-corrected chi connectivity index (χ3v) is 7.04. The van der Waals surface area contributed by atoms with Crippen molar-refractivity contribution >= 4 is 27.8 Å². The standard InChI is InChI=1S/C22H25FN2O6S/c1-3-30-22(27)25-14-12-16(13-15-25)21(26)31-19-8-6-18(7-9-19)24(2)32(28,29)20-10-4-17(23)5-11-20/h4-11,16H,3,12-15H2,1-2H3. The van der Waals surface area contributed by atoms with Crippen LogP contribution >= 0.6 is 0 Å². The molecule has 1 aliphatic heterocycles. The van der Waals surface area contributed by atoms with Crippen molar-refractivity contribution in [1.82, 2.24) is 4.90 Å². The summed E-state index contributed by atoms with van der Waals surface area (Å²) in [6.45, 7) is 2.88. The number of piperidine rings is 1. The molecule has 172 valence electrons. The van der Waals surface area contributed by atoms with Crippen molar-refractivity contribution in [3.05, 3.63) is 54.3 Å². The molecular weight excluding hydrogens is 439 g/mol. The maximum absolute atomic E-state index is 13.1. The first-order valence-electron chi connectivity index (χ1n) is 10.2. The van der Waals surface area contributed by atoms with E-state index in [1.54, 1.807) is 11.8 Å². The molecule has 1 fully saturated rings. The van der Waals surface area contributed by atoms with E-state index in [1.165, 1.54) is 43.4 Å². The number of carbonyl (C=O) groups is 2. The van der Waals surface area contributed by atoms with Crippen molar-refractivity contribution in [3.8, 4) is 5.75 Å². The summed E-state index contributed by atoms with van der Waals surface area (Å²) in [5, 5.41) is 0. The Bertz CT molecular complexity index is 1050. The minimum absolute atomic E-state index is 0.0361. The third-order valence-electron chi connectivity index (χ3n) is 5.25. The number of ether oxygens (including phenoxy) is 2. The summed E-state index contributed by atoms with van der Waals surface area (Å²) in [5.74, 6) is -0.959. The van der Waals surface area contributed by atoms with Crippen LogP contribution in [0.15, 0.2) is 53.4 Å². The topological polar surface area (TPSA) is 93.2 Å². The Labute approximate surface area is 186 Å². The highest BCUT2D eigenvalue weighted by molar-refractivity contribution is 7.92. The monoisotopic (exact) mass is 464 g/mol. The minimum Gasteiger partial charge on any atom is -0.450 e. The smallest absolute Gasteiger partial charge is 0.409 e. The zero-order chi connectivity index (χ0) is 23.3. The lowest BCUT2D eigenvalue weighted by molar-refractivity contribution is -0.140. The number of benzene rings is 2. The number of carbonyl (C=O) groups excluding carboxylic acids is 2. The third kappa shape index (κ3) is 5.37. The van der Waals surface area contributed by atoms with Gasteiger partial charge in [0.1, 0.15) is 11.6 Å². The largest absolute Gasteiger partial charge is 0.450 e. The first-order chi connectivity index (χ1) is 15.2. The van der Waals surface area contributed by atoms with Gasteiger partial charge in [0.25, 0.3) is 10.0 Å². The van der Waals surface area contributed by atoms with Crippen molar-refractivity contribution < 1.29 is 31.9 Å². The Morgan fingerprint density at radius 1 is 1.06 bits per heavy atom. The second kappa shape index (κ2) is 9.99. The van der Waals surface area contributed by atoms with Gasteiger partial charge in [-0.1, -0.05) is 0 Å². The van der Waals surface area contributed by atoms with Crippen LogP contribution < -0.4 is 9.04 Å². The van der Waals surface area contributed by atoms with Gasteiger partial charge in [-0.05, 0) is 68.3 Å². The lowest BCUT2D eigenvalue weighted by Gasteiger charge is -2.30. The summed E-state index contributed by atoms with van der Waals surface area (Å²) in [6.07, 6.45) is 0.581. The normalized spacial score (nSPS) is 14.7. The summed E-state index contributed by atoms with van der Waals surface area (Å²) >= 11 is 0. The van der Waals surface area contributed by atoms with E-state index in [-0.39, 0.29) is 16.9 Å². The van der Waals surface area contributed by atoms with Crippen LogP contribution in [0.4, 0.5) is 14.9 Å². The molecule has 0 bridgehead atoms. The number of esters is 1. The van der Waals surface area contributed by atoms with Crippen molar-refractivity contribution in [3.63, 3.8) is 0 Å². The molecule has 1 aliphatic rings. The van der Waals surface area contributed by atoms with Crippen LogP contribution in [-0.2, 0) is 19.6 Å². The van der Waals surface area contributed by atoms with Crippen LogP contribution in [0.2, 0.25) is 0 Å². The van der Waals surface area contributed by atoms with Crippen molar-refractivity contribution in [2.24, 2.45) is 5.92 Å². The maximum Gasteiger partial charge on any atom is 0.409 e. The molecule has 1 heterocycles. The summed E-state index contributed by atoms with van der Waals surface area (Å²) in [4.78, 5) is 25.8. The molecule has 0 aromatic heterocycles. The molecule has 32 heavy (non-hydrogen) atoms. The number of nitrogens with zero attached hydrogens (tertiary/aromatic N) is 2. The van der Waals surface area contributed by atoms with Crippen LogP contribution in [0.3, 0.4) is 0 Å². The quantitative estimate of drug-likeness (QED) is 0.480. The van der Waals surface area contributed by atoms with Gasteiger partial charge in [0.15, 0.2) is 0 Å². The molecule has 0 saturated carbocycles. The second-order valence-corrected chi connectivity index (χ2v) is 9.27. The van der Waals surface area contributed by atoms with E-state index in [0.29, 0.717) is 44.0 Å².